The average Bonchev–Trinajstić information content (AvgIpc) is 2.48. The molecule has 0 fully saturated rings. The van der Waals surface area contributed by atoms with Crippen LogP contribution in [0.3, 0.4) is 0 Å². The summed E-state index contributed by atoms with van der Waals surface area (Å²) in [6.07, 6.45) is 0. The van der Waals surface area contributed by atoms with Gasteiger partial charge in [-0.3, -0.25) is 0 Å². The van der Waals surface area contributed by atoms with Gasteiger partial charge in [-0.25, -0.2) is 0 Å². The molecule has 106 valence electrons. The first kappa shape index (κ1) is 14.9. The van der Waals surface area contributed by atoms with E-state index in [1.165, 1.54) is 5.56 Å². The van der Waals surface area contributed by atoms with Crippen LogP contribution < -0.4 is 14.8 Å². The van der Waals surface area contributed by atoms with Gasteiger partial charge in [-0.2, -0.15) is 0 Å². The maximum absolute atomic E-state index is 5.51. The van der Waals surface area contributed by atoms with E-state index in [1.54, 1.807) is 14.2 Å². The number of hydrogen-bond acceptors (Lipinski definition) is 3. The summed E-state index contributed by atoms with van der Waals surface area (Å²) in [7, 11) is 5.25. The van der Waals surface area contributed by atoms with E-state index in [1.807, 2.05) is 19.2 Å². The highest BCUT2D eigenvalue weighted by Gasteiger charge is 2.13. The summed E-state index contributed by atoms with van der Waals surface area (Å²) in [5, 5.41) is 3.14. The zero-order valence-corrected chi connectivity index (χ0v) is 13.5. The molecule has 4 heteroatoms. The largest absolute Gasteiger partial charge is 0.495 e. The smallest absolute Gasteiger partial charge is 0.144 e. The van der Waals surface area contributed by atoms with Crippen molar-refractivity contribution in [2.75, 3.05) is 21.3 Å². The SMILES string of the molecule is CNCc1ccc(-c2ccc(OC)c(Br)c2OC)cc1. The second-order valence-corrected chi connectivity index (χ2v) is 5.18. The molecule has 0 aromatic heterocycles. The molecule has 2 rings (SSSR count). The first-order valence-corrected chi connectivity index (χ1v) is 7.15. The van der Waals surface area contributed by atoms with Gasteiger partial charge in [-0.05, 0) is 46.2 Å². The molecule has 2 aromatic carbocycles. The van der Waals surface area contributed by atoms with Gasteiger partial charge < -0.3 is 14.8 Å². The Morgan fingerprint density at radius 3 is 2.25 bits per heavy atom. The Morgan fingerprint density at radius 1 is 1.00 bits per heavy atom. The lowest BCUT2D eigenvalue weighted by molar-refractivity contribution is 0.390. The molecular formula is C16H18BrNO2. The van der Waals surface area contributed by atoms with Crippen LogP contribution in [0.2, 0.25) is 0 Å². The van der Waals surface area contributed by atoms with E-state index in [9.17, 15) is 0 Å². The van der Waals surface area contributed by atoms with Gasteiger partial charge in [0.25, 0.3) is 0 Å². The summed E-state index contributed by atoms with van der Waals surface area (Å²) < 4.78 is 11.6. The van der Waals surface area contributed by atoms with Crippen LogP contribution in [0.15, 0.2) is 40.9 Å². The van der Waals surface area contributed by atoms with Gasteiger partial charge in [0.15, 0.2) is 0 Å². The number of halogens is 1. The van der Waals surface area contributed by atoms with Crippen molar-refractivity contribution >= 4 is 15.9 Å². The fraction of sp³-hybridized carbons (Fsp3) is 0.250. The minimum Gasteiger partial charge on any atom is -0.495 e. The first-order valence-electron chi connectivity index (χ1n) is 6.35. The third-order valence-electron chi connectivity index (χ3n) is 3.13. The predicted molar refractivity (Wildman–Crippen MR) is 85.4 cm³/mol. The second-order valence-electron chi connectivity index (χ2n) is 4.39. The van der Waals surface area contributed by atoms with Gasteiger partial charge in [0.1, 0.15) is 16.0 Å². The van der Waals surface area contributed by atoms with Crippen LogP contribution in [0.25, 0.3) is 11.1 Å². The Kier molecular flexibility index (Phi) is 5.04. The minimum atomic E-state index is 0.761. The number of benzene rings is 2. The van der Waals surface area contributed by atoms with Gasteiger partial charge in [0, 0.05) is 12.1 Å². The van der Waals surface area contributed by atoms with Crippen molar-refractivity contribution in [3.63, 3.8) is 0 Å². The van der Waals surface area contributed by atoms with Crippen molar-refractivity contribution in [1.29, 1.82) is 0 Å². The van der Waals surface area contributed by atoms with Crippen molar-refractivity contribution in [3.05, 3.63) is 46.4 Å². The molecule has 0 radical (unpaired) electrons. The maximum Gasteiger partial charge on any atom is 0.144 e. The monoisotopic (exact) mass is 335 g/mol. The molecule has 2 aromatic rings. The van der Waals surface area contributed by atoms with Crippen molar-refractivity contribution in [1.82, 2.24) is 5.32 Å². The van der Waals surface area contributed by atoms with Gasteiger partial charge in [-0.1, -0.05) is 24.3 Å². The van der Waals surface area contributed by atoms with Crippen LogP contribution in [0.5, 0.6) is 11.5 Å². The quantitative estimate of drug-likeness (QED) is 0.900. The van der Waals surface area contributed by atoms with Gasteiger partial charge in [-0.15, -0.1) is 0 Å². The molecule has 0 aliphatic carbocycles. The van der Waals surface area contributed by atoms with Gasteiger partial charge >= 0.3 is 0 Å². The standard InChI is InChI=1S/C16H18BrNO2/c1-18-10-11-4-6-12(7-5-11)13-8-9-14(19-2)15(17)16(13)20-3/h4-9,18H,10H2,1-3H3. The molecule has 0 saturated heterocycles. The summed E-state index contributed by atoms with van der Waals surface area (Å²) >= 11 is 3.53. The van der Waals surface area contributed by atoms with E-state index in [0.29, 0.717) is 0 Å². The lowest BCUT2D eigenvalue weighted by Gasteiger charge is -2.14. The molecule has 0 saturated carbocycles. The van der Waals surface area contributed by atoms with E-state index in [2.05, 4.69) is 45.5 Å². The summed E-state index contributed by atoms with van der Waals surface area (Å²) in [4.78, 5) is 0. The topological polar surface area (TPSA) is 30.5 Å². The lowest BCUT2D eigenvalue weighted by Crippen LogP contribution is -2.04. The van der Waals surface area contributed by atoms with E-state index in [0.717, 1.165) is 33.6 Å². The normalized spacial score (nSPS) is 10.4. The summed E-state index contributed by atoms with van der Waals surface area (Å²) in [5.74, 6) is 1.54. The molecule has 0 aliphatic heterocycles. The molecular weight excluding hydrogens is 318 g/mol. The van der Waals surface area contributed by atoms with E-state index in [4.69, 9.17) is 9.47 Å². The molecule has 3 nitrogen and oxygen atoms in total. The third kappa shape index (κ3) is 2.97. The predicted octanol–water partition coefficient (Wildman–Crippen LogP) is 3.85. The van der Waals surface area contributed by atoms with Crippen LogP contribution in [0.1, 0.15) is 5.56 Å². The molecule has 0 atom stereocenters. The van der Waals surface area contributed by atoms with Crippen molar-refractivity contribution in [3.8, 4) is 22.6 Å². The van der Waals surface area contributed by atoms with Crippen LogP contribution >= 0.6 is 15.9 Å². The van der Waals surface area contributed by atoms with Crippen molar-refractivity contribution in [2.24, 2.45) is 0 Å². The zero-order chi connectivity index (χ0) is 14.5. The molecule has 0 unspecified atom stereocenters. The number of methoxy groups -OCH3 is 2. The Bertz CT molecular complexity index is 582. The van der Waals surface area contributed by atoms with E-state index in [-0.39, 0.29) is 0 Å². The van der Waals surface area contributed by atoms with Crippen LogP contribution in [0.4, 0.5) is 0 Å². The molecule has 0 aliphatic rings. The van der Waals surface area contributed by atoms with Gasteiger partial charge in [0.05, 0.1) is 14.2 Å². The van der Waals surface area contributed by atoms with Crippen molar-refractivity contribution < 1.29 is 9.47 Å². The Balaban J connectivity index is 2.44. The van der Waals surface area contributed by atoms with Gasteiger partial charge in [0.2, 0.25) is 0 Å². The summed E-state index contributed by atoms with van der Waals surface area (Å²) in [6.45, 7) is 0.865. The van der Waals surface area contributed by atoms with E-state index < -0.39 is 0 Å². The summed E-state index contributed by atoms with van der Waals surface area (Å²) in [6, 6.07) is 12.4. The molecule has 0 amide bonds. The molecule has 0 heterocycles. The highest BCUT2D eigenvalue weighted by Crippen LogP contribution is 2.41. The van der Waals surface area contributed by atoms with E-state index >= 15 is 0 Å². The highest BCUT2D eigenvalue weighted by atomic mass is 79.9. The van der Waals surface area contributed by atoms with Crippen LogP contribution in [0, 0.1) is 0 Å². The number of nitrogens with one attached hydrogen (secondary N) is 1. The molecule has 1 N–H and O–H groups in total. The highest BCUT2D eigenvalue weighted by molar-refractivity contribution is 9.10. The Labute approximate surface area is 128 Å². The maximum atomic E-state index is 5.51. The number of rotatable bonds is 5. The molecule has 0 bridgehead atoms. The molecule has 0 spiro atoms. The lowest BCUT2D eigenvalue weighted by atomic mass is 10.0. The third-order valence-corrected chi connectivity index (χ3v) is 3.88. The summed E-state index contributed by atoms with van der Waals surface area (Å²) in [5.41, 5.74) is 3.41. The first-order chi connectivity index (χ1) is 9.71. The number of hydrogen-bond donors (Lipinski definition) is 1. The number of ether oxygens (including phenoxy) is 2. The van der Waals surface area contributed by atoms with Crippen LogP contribution in [-0.2, 0) is 6.54 Å². The Morgan fingerprint density at radius 2 is 1.70 bits per heavy atom. The fourth-order valence-electron chi connectivity index (χ4n) is 2.13. The van der Waals surface area contributed by atoms with Crippen molar-refractivity contribution in [2.45, 2.75) is 6.54 Å². The second kappa shape index (κ2) is 6.77. The Hall–Kier alpha value is -1.52. The average molecular weight is 336 g/mol. The fourth-order valence-corrected chi connectivity index (χ4v) is 2.80. The minimum absolute atomic E-state index is 0.761. The van der Waals surface area contributed by atoms with Crippen LogP contribution in [-0.4, -0.2) is 21.3 Å². The molecule has 20 heavy (non-hydrogen) atoms. The zero-order valence-electron chi connectivity index (χ0n) is 11.9.